The monoisotopic (exact) mass is 264 g/mol. The average molecular weight is 264 g/mol. The van der Waals surface area contributed by atoms with Gasteiger partial charge < -0.3 is 9.47 Å². The Morgan fingerprint density at radius 3 is 2.05 bits per heavy atom. The van der Waals surface area contributed by atoms with Crippen molar-refractivity contribution >= 4 is 11.9 Å². The molecule has 0 fully saturated rings. The molecule has 0 aliphatic heterocycles. The summed E-state index contributed by atoms with van der Waals surface area (Å²) in [5.74, 6) is -0.614. The molecular weight excluding hydrogens is 244 g/mol. The van der Waals surface area contributed by atoms with Gasteiger partial charge in [0.15, 0.2) is 0 Å². The highest BCUT2D eigenvalue weighted by Gasteiger charge is 2.15. The van der Waals surface area contributed by atoms with Crippen molar-refractivity contribution in [1.29, 1.82) is 0 Å². The first kappa shape index (κ1) is 15.2. The second kappa shape index (κ2) is 6.92. The molecule has 1 aromatic rings. The molecule has 0 bridgehead atoms. The number of methoxy groups -OCH3 is 2. The first-order chi connectivity index (χ1) is 9.03. The molecule has 1 rings (SSSR count). The Labute approximate surface area is 113 Å². The molecular formula is C15H20O4. The summed E-state index contributed by atoms with van der Waals surface area (Å²) in [5, 5.41) is 0. The van der Waals surface area contributed by atoms with Gasteiger partial charge in [-0.3, -0.25) is 9.59 Å². The van der Waals surface area contributed by atoms with Crippen LogP contribution in [0.2, 0.25) is 0 Å². The molecule has 0 aromatic heterocycles. The zero-order chi connectivity index (χ0) is 14.4. The van der Waals surface area contributed by atoms with Gasteiger partial charge >= 0.3 is 11.9 Å². The van der Waals surface area contributed by atoms with Crippen molar-refractivity contribution in [3.8, 4) is 0 Å². The quantitative estimate of drug-likeness (QED) is 0.763. The number of carbonyl (C=O) groups excluding carboxylic acids is 2. The van der Waals surface area contributed by atoms with Crippen LogP contribution in [0.5, 0.6) is 0 Å². The zero-order valence-electron chi connectivity index (χ0n) is 11.9. The fourth-order valence-electron chi connectivity index (χ4n) is 2.10. The van der Waals surface area contributed by atoms with Crippen molar-refractivity contribution in [2.75, 3.05) is 14.2 Å². The topological polar surface area (TPSA) is 52.6 Å². The molecule has 19 heavy (non-hydrogen) atoms. The highest BCUT2D eigenvalue weighted by atomic mass is 16.5. The molecule has 4 heteroatoms. The summed E-state index contributed by atoms with van der Waals surface area (Å²) < 4.78 is 9.40. The van der Waals surface area contributed by atoms with E-state index in [-0.39, 0.29) is 24.8 Å². The molecule has 0 unspecified atom stereocenters. The second-order valence-corrected chi connectivity index (χ2v) is 4.35. The van der Waals surface area contributed by atoms with E-state index in [0.29, 0.717) is 0 Å². The molecule has 4 nitrogen and oxygen atoms in total. The molecule has 104 valence electrons. The van der Waals surface area contributed by atoms with Gasteiger partial charge in [-0.25, -0.2) is 0 Å². The highest BCUT2D eigenvalue weighted by Crippen LogP contribution is 2.21. The van der Waals surface area contributed by atoms with Gasteiger partial charge in [-0.05, 0) is 35.6 Å². The predicted molar refractivity (Wildman–Crippen MR) is 72.0 cm³/mol. The van der Waals surface area contributed by atoms with Gasteiger partial charge in [0.05, 0.1) is 27.1 Å². The Morgan fingerprint density at radius 1 is 1.00 bits per heavy atom. The number of hydrogen-bond donors (Lipinski definition) is 0. The lowest BCUT2D eigenvalue weighted by Crippen LogP contribution is -2.13. The maximum absolute atomic E-state index is 11.5. The molecule has 0 aliphatic carbocycles. The van der Waals surface area contributed by atoms with Gasteiger partial charge in [0.25, 0.3) is 0 Å². The van der Waals surface area contributed by atoms with Crippen LogP contribution < -0.4 is 0 Å². The third-order valence-corrected chi connectivity index (χ3v) is 3.30. The normalized spacial score (nSPS) is 10.1. The summed E-state index contributed by atoms with van der Waals surface area (Å²) in [6.07, 6.45) is 1.24. The van der Waals surface area contributed by atoms with Crippen LogP contribution in [0.1, 0.15) is 29.2 Å². The van der Waals surface area contributed by atoms with Crippen LogP contribution in [0.15, 0.2) is 12.1 Å². The van der Waals surface area contributed by atoms with Crippen molar-refractivity contribution in [2.45, 2.75) is 33.1 Å². The highest BCUT2D eigenvalue weighted by molar-refractivity contribution is 5.77. The Kier molecular flexibility index (Phi) is 5.55. The first-order valence-electron chi connectivity index (χ1n) is 6.27. The molecule has 0 saturated carbocycles. The Balaban J connectivity index is 3.18. The number of rotatable bonds is 5. The summed E-state index contributed by atoms with van der Waals surface area (Å²) in [5.41, 5.74) is 3.92. The van der Waals surface area contributed by atoms with Crippen LogP contribution in [-0.2, 0) is 38.3 Å². The molecule has 0 aliphatic rings. The summed E-state index contributed by atoms with van der Waals surface area (Å²) in [4.78, 5) is 22.9. The molecule has 0 spiro atoms. The minimum atomic E-state index is -0.310. The fraction of sp³-hybridized carbons (Fsp3) is 0.467. The first-order valence-corrected chi connectivity index (χ1v) is 6.27. The van der Waals surface area contributed by atoms with E-state index in [4.69, 9.17) is 4.74 Å². The van der Waals surface area contributed by atoms with Crippen LogP contribution >= 0.6 is 0 Å². The third-order valence-electron chi connectivity index (χ3n) is 3.30. The number of benzene rings is 1. The van der Waals surface area contributed by atoms with E-state index in [1.165, 1.54) is 19.8 Å². The number of aryl methyl sites for hydroxylation is 1. The van der Waals surface area contributed by atoms with E-state index >= 15 is 0 Å². The van der Waals surface area contributed by atoms with Gasteiger partial charge in [-0.1, -0.05) is 19.1 Å². The van der Waals surface area contributed by atoms with Gasteiger partial charge in [0.1, 0.15) is 0 Å². The number of carbonyl (C=O) groups is 2. The second-order valence-electron chi connectivity index (χ2n) is 4.35. The Hall–Kier alpha value is -1.84. The molecule has 0 N–H and O–H groups in total. The average Bonchev–Trinajstić information content (AvgIpc) is 2.42. The van der Waals surface area contributed by atoms with E-state index in [1.807, 2.05) is 19.1 Å². The van der Waals surface area contributed by atoms with E-state index < -0.39 is 0 Å². The van der Waals surface area contributed by atoms with Crippen molar-refractivity contribution in [2.24, 2.45) is 0 Å². The lowest BCUT2D eigenvalue weighted by Gasteiger charge is -2.14. The van der Waals surface area contributed by atoms with Crippen LogP contribution in [0.25, 0.3) is 0 Å². The largest absolute Gasteiger partial charge is 0.469 e. The Bertz CT molecular complexity index is 477. The number of hydrogen-bond acceptors (Lipinski definition) is 4. The van der Waals surface area contributed by atoms with Crippen LogP contribution in [0, 0.1) is 6.92 Å². The van der Waals surface area contributed by atoms with Gasteiger partial charge in [0, 0.05) is 0 Å². The minimum Gasteiger partial charge on any atom is -0.469 e. The summed E-state index contributed by atoms with van der Waals surface area (Å²) in [6, 6.07) is 3.88. The Morgan fingerprint density at radius 2 is 1.53 bits per heavy atom. The SMILES string of the molecule is CCc1ccc(CC(=O)OC)c(CC(=O)OC)c1C. The van der Waals surface area contributed by atoms with Crippen LogP contribution in [0.4, 0.5) is 0 Å². The van der Waals surface area contributed by atoms with E-state index in [0.717, 1.165) is 23.1 Å². The van der Waals surface area contributed by atoms with Crippen molar-refractivity contribution in [3.63, 3.8) is 0 Å². The minimum absolute atomic E-state index is 0.174. The van der Waals surface area contributed by atoms with Gasteiger partial charge in [-0.15, -0.1) is 0 Å². The smallest absolute Gasteiger partial charge is 0.309 e. The maximum atomic E-state index is 11.5. The summed E-state index contributed by atoms with van der Waals surface area (Å²) >= 11 is 0. The lowest BCUT2D eigenvalue weighted by molar-refractivity contribution is -0.141. The molecule has 0 heterocycles. The molecule has 0 atom stereocenters. The number of esters is 2. The standard InChI is InChI=1S/C15H20O4/c1-5-11-6-7-12(8-14(16)18-3)13(10(11)2)9-15(17)19-4/h6-7H,5,8-9H2,1-4H3. The van der Waals surface area contributed by atoms with Crippen molar-refractivity contribution < 1.29 is 19.1 Å². The van der Waals surface area contributed by atoms with Crippen molar-refractivity contribution in [3.05, 3.63) is 34.4 Å². The molecule has 1 aromatic carbocycles. The predicted octanol–water partition coefficient (Wildman–Crippen LogP) is 1.99. The fourth-order valence-corrected chi connectivity index (χ4v) is 2.10. The molecule has 0 saturated heterocycles. The lowest BCUT2D eigenvalue weighted by atomic mass is 9.92. The number of ether oxygens (including phenoxy) is 2. The third kappa shape index (κ3) is 3.81. The summed E-state index contributed by atoms with van der Waals surface area (Å²) in [6.45, 7) is 4.03. The maximum Gasteiger partial charge on any atom is 0.309 e. The van der Waals surface area contributed by atoms with E-state index in [2.05, 4.69) is 11.7 Å². The molecule has 0 radical (unpaired) electrons. The summed E-state index contributed by atoms with van der Waals surface area (Å²) in [7, 11) is 2.72. The van der Waals surface area contributed by atoms with Crippen LogP contribution in [0.3, 0.4) is 0 Å². The van der Waals surface area contributed by atoms with Gasteiger partial charge in [-0.2, -0.15) is 0 Å². The van der Waals surface area contributed by atoms with E-state index in [9.17, 15) is 9.59 Å². The molecule has 0 amide bonds. The van der Waals surface area contributed by atoms with Gasteiger partial charge in [0.2, 0.25) is 0 Å². The van der Waals surface area contributed by atoms with Crippen molar-refractivity contribution in [1.82, 2.24) is 0 Å². The van der Waals surface area contributed by atoms with Crippen LogP contribution in [-0.4, -0.2) is 26.2 Å². The van der Waals surface area contributed by atoms with E-state index in [1.54, 1.807) is 0 Å². The zero-order valence-corrected chi connectivity index (χ0v) is 11.9.